The number of methoxy groups -OCH3 is 1. The van der Waals surface area contributed by atoms with Crippen LogP contribution in [-0.2, 0) is 11.3 Å². The van der Waals surface area contributed by atoms with Gasteiger partial charge in [-0.2, -0.15) is 0 Å². The predicted octanol–water partition coefficient (Wildman–Crippen LogP) is 5.76. The van der Waals surface area contributed by atoms with Crippen LogP contribution in [0.4, 0.5) is 22.7 Å². The van der Waals surface area contributed by atoms with Crippen molar-refractivity contribution in [2.45, 2.75) is 6.61 Å². The molecule has 0 saturated carbocycles. The molecule has 4 rings (SSSR count). The molecule has 2 aromatic heterocycles. The first-order valence-electron chi connectivity index (χ1n) is 10.4. The molecule has 0 saturated heterocycles. The van der Waals surface area contributed by atoms with Gasteiger partial charge in [0, 0.05) is 36.6 Å². The summed E-state index contributed by atoms with van der Waals surface area (Å²) in [6.45, 7) is 8.68. The van der Waals surface area contributed by atoms with Crippen LogP contribution in [-0.4, -0.2) is 30.3 Å². The maximum atomic E-state index is 7.57. The zero-order valence-electron chi connectivity index (χ0n) is 18.4. The van der Waals surface area contributed by atoms with Crippen molar-refractivity contribution in [1.29, 1.82) is 0 Å². The Morgan fingerprint density at radius 2 is 1.94 bits per heavy atom. The molecular formula is C25H22ClN5O3. The first kappa shape index (κ1) is 23.1. The molecule has 0 atom stereocenters. The second-order valence-corrected chi connectivity index (χ2v) is 7.67. The average Bonchev–Trinajstić information content (AvgIpc) is 2.85. The highest BCUT2D eigenvalue weighted by atomic mass is 35.5. The minimum atomic E-state index is 0.304. The number of fused-ring (bicyclic) bond motifs is 1. The molecular weight excluding hydrogens is 454 g/mol. The van der Waals surface area contributed by atoms with Crippen molar-refractivity contribution in [2.24, 2.45) is 0 Å². The van der Waals surface area contributed by atoms with Gasteiger partial charge in [-0.15, -0.1) is 0 Å². The predicted molar refractivity (Wildman–Crippen MR) is 133 cm³/mol. The van der Waals surface area contributed by atoms with E-state index in [4.69, 9.17) is 38.1 Å². The second-order valence-electron chi connectivity index (χ2n) is 7.26. The van der Waals surface area contributed by atoms with E-state index in [-0.39, 0.29) is 0 Å². The number of ether oxygens (including phenoxy) is 3. The van der Waals surface area contributed by atoms with E-state index in [0.29, 0.717) is 70.0 Å². The van der Waals surface area contributed by atoms with Crippen LogP contribution in [0.1, 0.15) is 5.69 Å². The third-order valence-electron chi connectivity index (χ3n) is 4.95. The number of hydrogen-bond donors (Lipinski definition) is 2. The van der Waals surface area contributed by atoms with Crippen LogP contribution in [0.15, 0.2) is 60.9 Å². The van der Waals surface area contributed by atoms with Crippen LogP contribution in [0, 0.1) is 6.57 Å². The van der Waals surface area contributed by atoms with E-state index < -0.39 is 0 Å². The molecule has 4 aromatic rings. The molecule has 172 valence electrons. The Hall–Kier alpha value is -4.06. The standard InChI is InChI=1S/C25H22ClN5O3/c1-28-22-14-30-21-13-24(33-10-9-32-2)20(27)12-18(21)25(22)31-16-6-7-23(19(26)11-16)34-15-17-5-3-4-8-29-17/h3-8,11-14H,9-10,15,27H2,2H3,(H,30,31). The molecule has 0 bridgehead atoms. The van der Waals surface area contributed by atoms with Crippen molar-refractivity contribution < 1.29 is 14.2 Å². The molecule has 0 spiro atoms. The maximum absolute atomic E-state index is 7.57. The normalized spacial score (nSPS) is 10.6. The Bertz CT molecular complexity index is 1340. The third kappa shape index (κ3) is 5.29. The van der Waals surface area contributed by atoms with E-state index >= 15 is 0 Å². The highest BCUT2D eigenvalue weighted by Gasteiger charge is 2.14. The van der Waals surface area contributed by atoms with Gasteiger partial charge in [-0.3, -0.25) is 9.97 Å². The molecule has 0 aliphatic rings. The fourth-order valence-corrected chi connectivity index (χ4v) is 3.51. The Morgan fingerprint density at radius 3 is 2.68 bits per heavy atom. The van der Waals surface area contributed by atoms with Gasteiger partial charge in [0.25, 0.3) is 0 Å². The number of nitrogens with zero attached hydrogens (tertiary/aromatic N) is 3. The number of halogens is 1. The Labute approximate surface area is 202 Å². The van der Waals surface area contributed by atoms with E-state index in [1.54, 1.807) is 37.6 Å². The van der Waals surface area contributed by atoms with Crippen LogP contribution in [0.2, 0.25) is 5.02 Å². The van der Waals surface area contributed by atoms with Crippen LogP contribution in [0.25, 0.3) is 15.7 Å². The van der Waals surface area contributed by atoms with Crippen LogP contribution >= 0.6 is 11.6 Å². The number of nitrogens with two attached hydrogens (primary N) is 1. The molecule has 8 nitrogen and oxygen atoms in total. The lowest BCUT2D eigenvalue weighted by Gasteiger charge is -2.15. The van der Waals surface area contributed by atoms with Gasteiger partial charge >= 0.3 is 0 Å². The number of nitrogens with one attached hydrogen (secondary N) is 1. The molecule has 0 unspecified atom stereocenters. The number of benzene rings is 2. The number of rotatable bonds is 9. The second kappa shape index (κ2) is 10.7. The summed E-state index contributed by atoms with van der Waals surface area (Å²) in [5, 5.41) is 4.40. The van der Waals surface area contributed by atoms with Crippen molar-refractivity contribution in [1.82, 2.24) is 9.97 Å². The number of anilines is 3. The van der Waals surface area contributed by atoms with E-state index in [1.807, 2.05) is 24.3 Å². The molecule has 0 aliphatic carbocycles. The SMILES string of the molecule is [C-]#[N+]c1cnc2cc(OCCOC)c(N)cc2c1Nc1ccc(OCc2ccccn2)c(Cl)c1. The van der Waals surface area contributed by atoms with Gasteiger partial charge in [0.15, 0.2) is 0 Å². The third-order valence-corrected chi connectivity index (χ3v) is 5.24. The smallest absolute Gasteiger partial charge is 0.228 e. The Morgan fingerprint density at radius 1 is 1.06 bits per heavy atom. The number of pyridine rings is 2. The first-order valence-corrected chi connectivity index (χ1v) is 10.8. The lowest BCUT2D eigenvalue weighted by molar-refractivity contribution is 0.147. The van der Waals surface area contributed by atoms with Crippen molar-refractivity contribution in [2.75, 3.05) is 31.4 Å². The van der Waals surface area contributed by atoms with Gasteiger partial charge in [-0.1, -0.05) is 17.7 Å². The van der Waals surface area contributed by atoms with E-state index in [0.717, 1.165) is 5.69 Å². The molecule has 2 aromatic carbocycles. The number of aromatic nitrogens is 2. The van der Waals surface area contributed by atoms with E-state index in [1.165, 1.54) is 6.20 Å². The summed E-state index contributed by atoms with van der Waals surface area (Å²) >= 11 is 6.46. The largest absolute Gasteiger partial charge is 0.489 e. The summed E-state index contributed by atoms with van der Waals surface area (Å²) in [4.78, 5) is 12.2. The van der Waals surface area contributed by atoms with Gasteiger partial charge in [0.1, 0.15) is 24.7 Å². The zero-order chi connectivity index (χ0) is 23.9. The summed E-state index contributed by atoms with van der Waals surface area (Å²) in [5.41, 5.74) is 9.70. The molecule has 0 amide bonds. The molecule has 0 aliphatic heterocycles. The summed E-state index contributed by atoms with van der Waals surface area (Å²) in [5.74, 6) is 1.04. The van der Waals surface area contributed by atoms with Crippen molar-refractivity contribution in [3.63, 3.8) is 0 Å². The first-order chi connectivity index (χ1) is 16.6. The lowest BCUT2D eigenvalue weighted by atomic mass is 10.1. The van der Waals surface area contributed by atoms with Crippen molar-refractivity contribution in [3.8, 4) is 11.5 Å². The maximum Gasteiger partial charge on any atom is 0.228 e. The molecule has 3 N–H and O–H groups in total. The molecule has 34 heavy (non-hydrogen) atoms. The Balaban J connectivity index is 1.59. The average molecular weight is 476 g/mol. The molecule has 2 heterocycles. The molecule has 9 heteroatoms. The van der Waals surface area contributed by atoms with Crippen LogP contribution < -0.4 is 20.5 Å². The van der Waals surface area contributed by atoms with Gasteiger partial charge < -0.3 is 25.3 Å². The summed E-state index contributed by atoms with van der Waals surface area (Å²) in [6, 6.07) is 14.4. The van der Waals surface area contributed by atoms with E-state index in [2.05, 4.69) is 20.1 Å². The lowest BCUT2D eigenvalue weighted by Crippen LogP contribution is -2.06. The highest BCUT2D eigenvalue weighted by molar-refractivity contribution is 6.32. The van der Waals surface area contributed by atoms with Gasteiger partial charge in [-0.25, -0.2) is 4.85 Å². The van der Waals surface area contributed by atoms with Gasteiger partial charge in [-0.05, 0) is 36.4 Å². The highest BCUT2D eigenvalue weighted by Crippen LogP contribution is 2.39. The minimum absolute atomic E-state index is 0.304. The van der Waals surface area contributed by atoms with Crippen LogP contribution in [0.5, 0.6) is 11.5 Å². The fraction of sp³-hybridized carbons (Fsp3) is 0.160. The van der Waals surface area contributed by atoms with E-state index in [9.17, 15) is 0 Å². The Kier molecular flexibility index (Phi) is 7.28. The van der Waals surface area contributed by atoms with Crippen molar-refractivity contribution in [3.05, 3.63) is 83.1 Å². The minimum Gasteiger partial charge on any atom is -0.489 e. The molecule has 0 fully saturated rings. The number of hydrogen-bond acceptors (Lipinski definition) is 7. The van der Waals surface area contributed by atoms with Crippen molar-refractivity contribution >= 4 is 45.3 Å². The van der Waals surface area contributed by atoms with Crippen LogP contribution in [0.3, 0.4) is 0 Å². The van der Waals surface area contributed by atoms with Gasteiger partial charge in [0.05, 0.1) is 40.8 Å². The quantitative estimate of drug-likeness (QED) is 0.180. The fourth-order valence-electron chi connectivity index (χ4n) is 3.28. The number of nitrogen functional groups attached to an aromatic ring is 1. The summed E-state index contributed by atoms with van der Waals surface area (Å²) < 4.78 is 16.5. The zero-order valence-corrected chi connectivity index (χ0v) is 19.2. The van der Waals surface area contributed by atoms with Gasteiger partial charge in [0.2, 0.25) is 5.69 Å². The topological polar surface area (TPSA) is 95.9 Å². The summed E-state index contributed by atoms with van der Waals surface area (Å²) in [7, 11) is 1.60. The monoisotopic (exact) mass is 475 g/mol. The summed E-state index contributed by atoms with van der Waals surface area (Å²) in [6.07, 6.45) is 3.22. The molecule has 0 radical (unpaired) electrons.